The molecule has 4 heteroatoms. The topological polar surface area (TPSA) is 0 Å². The molecule has 0 amide bonds. The van der Waals surface area contributed by atoms with Gasteiger partial charge in [-0.25, -0.2) is 0 Å². The molecule has 98 valence electrons. The van der Waals surface area contributed by atoms with E-state index in [1.165, 1.54) is 0 Å². The third kappa shape index (κ3) is 3.35. The molecule has 0 saturated heterocycles. The van der Waals surface area contributed by atoms with Crippen LogP contribution in [0.15, 0.2) is 36.4 Å². The Labute approximate surface area is 109 Å². The summed E-state index contributed by atoms with van der Waals surface area (Å²) in [5, 5.41) is 0. The van der Waals surface area contributed by atoms with Gasteiger partial charge in [0.1, 0.15) is 4.88 Å². The first kappa shape index (κ1) is 14.8. The zero-order valence-electron chi connectivity index (χ0n) is 10.5. The van der Waals surface area contributed by atoms with Crippen molar-refractivity contribution in [2.24, 2.45) is 0 Å². The number of alkyl halides is 3. The van der Waals surface area contributed by atoms with E-state index in [9.17, 15) is 13.2 Å². The van der Waals surface area contributed by atoms with E-state index in [4.69, 9.17) is 0 Å². The molecule has 18 heavy (non-hydrogen) atoms. The molecule has 0 atom stereocenters. The van der Waals surface area contributed by atoms with Crippen LogP contribution in [0.5, 0.6) is 0 Å². The van der Waals surface area contributed by atoms with E-state index in [1.54, 1.807) is 43.3 Å². The van der Waals surface area contributed by atoms with Crippen LogP contribution in [-0.4, -0.2) is 0 Å². The third-order valence-corrected chi connectivity index (χ3v) is 3.29. The summed E-state index contributed by atoms with van der Waals surface area (Å²) in [6.45, 7) is 5.69. The van der Waals surface area contributed by atoms with Gasteiger partial charge < -0.3 is 0 Å². The van der Waals surface area contributed by atoms with Crippen LogP contribution in [0.1, 0.15) is 23.6 Å². The minimum atomic E-state index is -4.27. The van der Waals surface area contributed by atoms with Gasteiger partial charge in [-0.3, -0.25) is 0 Å². The number of rotatable bonds is 1. The second kappa shape index (κ2) is 6.05. The Balaban J connectivity index is 0.000000771. The number of hydrogen-bond acceptors (Lipinski definition) is 1. The smallest absolute Gasteiger partial charge is 0.165 e. The molecule has 0 fully saturated rings. The second-order valence-electron chi connectivity index (χ2n) is 3.46. The van der Waals surface area contributed by atoms with E-state index in [0.717, 1.165) is 11.3 Å². The zero-order valence-corrected chi connectivity index (χ0v) is 11.3. The van der Waals surface area contributed by atoms with Crippen molar-refractivity contribution in [3.63, 3.8) is 0 Å². The van der Waals surface area contributed by atoms with Crippen LogP contribution < -0.4 is 0 Å². The van der Waals surface area contributed by atoms with Gasteiger partial charge in [0.25, 0.3) is 0 Å². The summed E-state index contributed by atoms with van der Waals surface area (Å²) in [4.78, 5) is 0.155. The molecule has 2 aromatic rings. The highest BCUT2D eigenvalue weighted by Crippen LogP contribution is 2.42. The predicted molar refractivity (Wildman–Crippen MR) is 70.8 cm³/mol. The van der Waals surface area contributed by atoms with Crippen LogP contribution in [0.4, 0.5) is 13.2 Å². The van der Waals surface area contributed by atoms with Crippen LogP contribution in [-0.2, 0) is 6.18 Å². The quantitative estimate of drug-likeness (QED) is 0.618. The lowest BCUT2D eigenvalue weighted by molar-refractivity contribution is -0.133. The molecule has 1 heterocycles. The van der Waals surface area contributed by atoms with Crippen LogP contribution in [0, 0.1) is 6.92 Å². The Morgan fingerprint density at radius 2 is 1.56 bits per heavy atom. The molecule has 0 nitrogen and oxygen atoms in total. The summed E-state index contributed by atoms with van der Waals surface area (Å²) in [6, 6.07) is 10.2. The molecule has 0 aliphatic rings. The molecule has 1 aromatic heterocycles. The highest BCUT2D eigenvalue weighted by atomic mass is 32.1. The third-order valence-electron chi connectivity index (χ3n) is 2.20. The molecule has 0 N–H and O–H groups in total. The molecular weight excluding hydrogens is 257 g/mol. The average Bonchev–Trinajstić information content (AvgIpc) is 2.75. The summed E-state index contributed by atoms with van der Waals surface area (Å²) in [5.41, 5.74) is 0.884. The predicted octanol–water partition coefficient (Wildman–Crippen LogP) is 5.77. The van der Waals surface area contributed by atoms with Crippen molar-refractivity contribution in [2.75, 3.05) is 0 Å². The Hall–Kier alpha value is -1.29. The molecule has 0 unspecified atom stereocenters. The van der Waals surface area contributed by atoms with Crippen LogP contribution in [0.3, 0.4) is 0 Å². The van der Waals surface area contributed by atoms with Gasteiger partial charge in [-0.1, -0.05) is 44.2 Å². The zero-order chi connectivity index (χ0) is 13.8. The van der Waals surface area contributed by atoms with Crippen molar-refractivity contribution in [1.82, 2.24) is 0 Å². The van der Waals surface area contributed by atoms with Crippen LogP contribution in [0.2, 0.25) is 0 Å². The Kier molecular flexibility index (Phi) is 4.96. The Morgan fingerprint density at radius 1 is 1.00 bits per heavy atom. The number of benzene rings is 1. The fourth-order valence-electron chi connectivity index (χ4n) is 1.56. The van der Waals surface area contributed by atoms with Crippen LogP contribution >= 0.6 is 11.3 Å². The van der Waals surface area contributed by atoms with E-state index in [1.807, 2.05) is 13.8 Å². The standard InChI is InChI=1S/C12H9F3S.C2H6/c1-8-7-10(9-5-3-2-4-6-9)11(16-8)12(13,14)15;1-2/h2-7H,1H3;1-2H3. The number of hydrogen-bond donors (Lipinski definition) is 0. The van der Waals surface area contributed by atoms with E-state index >= 15 is 0 Å². The van der Waals surface area contributed by atoms with Gasteiger partial charge in [0.05, 0.1) is 0 Å². The minimum absolute atomic E-state index is 0.274. The summed E-state index contributed by atoms with van der Waals surface area (Å²) >= 11 is 0.791. The van der Waals surface area contributed by atoms with Gasteiger partial charge in [-0.15, -0.1) is 11.3 Å². The van der Waals surface area contributed by atoms with Gasteiger partial charge in [0, 0.05) is 10.4 Å². The molecule has 0 radical (unpaired) electrons. The Bertz CT molecular complexity index is 483. The van der Waals surface area contributed by atoms with Crippen molar-refractivity contribution in [2.45, 2.75) is 26.9 Å². The van der Waals surface area contributed by atoms with E-state index in [-0.39, 0.29) is 5.56 Å². The highest BCUT2D eigenvalue weighted by Gasteiger charge is 2.35. The minimum Gasteiger partial charge on any atom is -0.165 e. The van der Waals surface area contributed by atoms with Gasteiger partial charge in [-0.2, -0.15) is 13.2 Å². The first-order valence-corrected chi connectivity index (χ1v) is 6.53. The fraction of sp³-hybridized carbons (Fsp3) is 0.286. The Morgan fingerprint density at radius 3 is 2.06 bits per heavy atom. The monoisotopic (exact) mass is 272 g/mol. The lowest BCUT2D eigenvalue weighted by Gasteiger charge is -2.07. The molecular formula is C14H15F3S. The highest BCUT2D eigenvalue weighted by molar-refractivity contribution is 7.12. The summed E-state index contributed by atoms with van der Waals surface area (Å²) in [5.74, 6) is 0. The lowest BCUT2D eigenvalue weighted by Crippen LogP contribution is -2.03. The number of halogens is 3. The van der Waals surface area contributed by atoms with Crippen molar-refractivity contribution in [3.05, 3.63) is 46.2 Å². The van der Waals surface area contributed by atoms with Gasteiger partial charge in [-0.05, 0) is 18.6 Å². The molecule has 2 rings (SSSR count). The van der Waals surface area contributed by atoms with E-state index in [0.29, 0.717) is 10.4 Å². The largest absolute Gasteiger partial charge is 0.426 e. The van der Waals surface area contributed by atoms with Crippen molar-refractivity contribution < 1.29 is 13.2 Å². The maximum Gasteiger partial charge on any atom is 0.426 e. The second-order valence-corrected chi connectivity index (χ2v) is 4.72. The first-order chi connectivity index (χ1) is 8.48. The molecule has 0 saturated carbocycles. The molecule has 0 bridgehead atoms. The van der Waals surface area contributed by atoms with E-state index in [2.05, 4.69) is 0 Å². The lowest BCUT2D eigenvalue weighted by atomic mass is 10.1. The van der Waals surface area contributed by atoms with E-state index < -0.39 is 11.1 Å². The number of thiophene rings is 1. The maximum absolute atomic E-state index is 12.8. The SMILES string of the molecule is CC.Cc1cc(-c2ccccc2)c(C(F)(F)F)s1. The first-order valence-electron chi connectivity index (χ1n) is 5.71. The molecule has 0 spiro atoms. The maximum atomic E-state index is 12.8. The summed E-state index contributed by atoms with van der Waals surface area (Å²) in [6.07, 6.45) is -4.27. The van der Waals surface area contributed by atoms with Gasteiger partial charge in [0.2, 0.25) is 0 Å². The molecule has 0 aliphatic carbocycles. The normalized spacial score (nSPS) is 10.8. The average molecular weight is 272 g/mol. The van der Waals surface area contributed by atoms with Gasteiger partial charge in [0.15, 0.2) is 0 Å². The van der Waals surface area contributed by atoms with Crippen molar-refractivity contribution in [3.8, 4) is 11.1 Å². The fourth-order valence-corrected chi connectivity index (χ4v) is 2.46. The van der Waals surface area contributed by atoms with Gasteiger partial charge >= 0.3 is 6.18 Å². The molecule has 1 aromatic carbocycles. The summed E-state index contributed by atoms with van der Waals surface area (Å²) in [7, 11) is 0. The summed E-state index contributed by atoms with van der Waals surface area (Å²) < 4.78 is 38.3. The van der Waals surface area contributed by atoms with Crippen LogP contribution in [0.25, 0.3) is 11.1 Å². The van der Waals surface area contributed by atoms with Crippen molar-refractivity contribution in [1.29, 1.82) is 0 Å². The number of aryl methyl sites for hydroxylation is 1. The van der Waals surface area contributed by atoms with Crippen molar-refractivity contribution >= 4 is 11.3 Å². The molecule has 0 aliphatic heterocycles.